The Morgan fingerprint density at radius 3 is 2.47 bits per heavy atom. The average Bonchev–Trinajstić information content (AvgIpc) is 2.18. The van der Waals surface area contributed by atoms with E-state index in [-0.39, 0.29) is 0 Å². The molecule has 0 radical (unpaired) electrons. The summed E-state index contributed by atoms with van der Waals surface area (Å²) >= 11 is 0. The van der Waals surface area contributed by atoms with Crippen molar-refractivity contribution in [2.45, 2.75) is 37.6 Å². The van der Waals surface area contributed by atoms with E-state index in [0.717, 1.165) is 0 Å². The summed E-state index contributed by atoms with van der Waals surface area (Å²) in [4.78, 5) is 9.27. The van der Waals surface area contributed by atoms with Crippen molar-refractivity contribution in [3.05, 3.63) is 10.1 Å². The summed E-state index contributed by atoms with van der Waals surface area (Å²) in [5.74, 6) is 0. The summed E-state index contributed by atoms with van der Waals surface area (Å²) in [6.45, 7) is 0.625. The molecule has 1 aliphatic heterocycles. The molecule has 1 unspecified atom stereocenters. The molecule has 5 atom stereocenters. The Balaban J connectivity index is 2.54. The van der Waals surface area contributed by atoms with Gasteiger partial charge < -0.3 is 20.1 Å². The maximum atomic E-state index is 10.0. The highest BCUT2D eigenvalue weighted by molar-refractivity contribution is 4.86. The zero-order chi connectivity index (χ0) is 11.6. The van der Waals surface area contributed by atoms with E-state index in [2.05, 4.69) is 4.74 Å². The summed E-state index contributed by atoms with van der Waals surface area (Å²) in [6, 6.07) is 0. The first-order valence-corrected chi connectivity index (χ1v) is 4.36. The molecule has 1 fully saturated rings. The third-order valence-corrected chi connectivity index (χ3v) is 2.15. The lowest BCUT2D eigenvalue weighted by molar-refractivity contribution is -0.541. The summed E-state index contributed by atoms with van der Waals surface area (Å²) in [6.07, 6.45) is -6.25. The number of hydrogen-bond donors (Lipinski definition) is 3. The van der Waals surface area contributed by atoms with Gasteiger partial charge in [-0.2, -0.15) is 0 Å². The second kappa shape index (κ2) is 4.81. The van der Waals surface area contributed by atoms with Gasteiger partial charge in [-0.15, -0.1) is 0 Å². The Hall–Kier alpha value is -0.800. The molecule has 88 valence electrons. The minimum Gasteiger partial charge on any atom is -0.388 e. The molecule has 0 aromatic rings. The monoisotopic (exact) mass is 223 g/mol. The van der Waals surface area contributed by atoms with Crippen LogP contribution >= 0.6 is 0 Å². The van der Waals surface area contributed by atoms with Crippen LogP contribution in [-0.4, -0.2) is 57.7 Å². The van der Waals surface area contributed by atoms with Crippen LogP contribution < -0.4 is 0 Å². The minimum absolute atomic E-state index is 0.738. The summed E-state index contributed by atoms with van der Waals surface area (Å²) in [7, 11) is 0. The van der Waals surface area contributed by atoms with Crippen molar-refractivity contribution in [1.82, 2.24) is 0 Å². The molecule has 0 bridgehead atoms. The van der Waals surface area contributed by atoms with Crippen LogP contribution in [-0.2, 0) is 9.47 Å². The van der Waals surface area contributed by atoms with Crippen molar-refractivity contribution >= 4 is 0 Å². The molecule has 3 N–H and O–H groups in total. The molecule has 1 saturated heterocycles. The van der Waals surface area contributed by atoms with Crippen molar-refractivity contribution in [3.8, 4) is 0 Å². The van der Waals surface area contributed by atoms with Gasteiger partial charge in [0.15, 0.2) is 6.29 Å². The molecule has 8 nitrogen and oxygen atoms in total. The molecular formula is C7H13NO7. The summed E-state index contributed by atoms with van der Waals surface area (Å²) in [5, 5.41) is 38.0. The Bertz CT molecular complexity index is 235. The predicted molar refractivity (Wildman–Crippen MR) is 45.3 cm³/mol. The molecular weight excluding hydrogens is 210 g/mol. The highest BCUT2D eigenvalue weighted by Gasteiger charge is 2.42. The van der Waals surface area contributed by atoms with Gasteiger partial charge in [0, 0.05) is 4.92 Å². The molecule has 1 aliphatic rings. The number of aliphatic hydroxyl groups excluding tert-OH is 3. The van der Waals surface area contributed by atoms with Crippen LogP contribution in [0.5, 0.6) is 0 Å². The number of ether oxygens (including phenoxy) is 2. The second-order valence-electron chi connectivity index (χ2n) is 3.31. The van der Waals surface area contributed by atoms with Gasteiger partial charge in [-0.3, -0.25) is 14.9 Å². The van der Waals surface area contributed by atoms with Gasteiger partial charge in [0.2, 0.25) is 0 Å². The average molecular weight is 223 g/mol. The van der Waals surface area contributed by atoms with E-state index in [1.165, 1.54) is 6.92 Å². The molecule has 1 rings (SSSR count). The molecule has 8 heteroatoms. The van der Waals surface area contributed by atoms with Gasteiger partial charge >= 0.3 is 6.73 Å². The number of nitro groups is 1. The lowest BCUT2D eigenvalue weighted by Gasteiger charge is -2.38. The Labute approximate surface area is 85.2 Å². The standard InChI is InChI=1S/C7H13NO7/c1-3-4(9)5(10)6(11)7(15-3)14-2-8(12)13/h3-7,9-11H,2H2,1H3/t3-,4-,5+,6-,7?/m1/s1. The van der Waals surface area contributed by atoms with E-state index in [4.69, 9.17) is 4.74 Å². The highest BCUT2D eigenvalue weighted by atomic mass is 16.7. The van der Waals surface area contributed by atoms with Gasteiger partial charge in [-0.25, -0.2) is 0 Å². The van der Waals surface area contributed by atoms with Gasteiger partial charge in [0.25, 0.3) is 0 Å². The molecule has 0 saturated carbocycles. The summed E-state index contributed by atoms with van der Waals surface area (Å²) in [5.41, 5.74) is 0. The van der Waals surface area contributed by atoms with Gasteiger partial charge in [-0.05, 0) is 6.92 Å². The quantitative estimate of drug-likeness (QED) is 0.289. The number of rotatable bonds is 3. The molecule has 1 heterocycles. The SMILES string of the molecule is C[C@H]1OC(OC[N+](=O)[O-])[C@H](O)[C@@H](O)[C@@H]1O. The van der Waals surface area contributed by atoms with Crippen LogP contribution in [0.25, 0.3) is 0 Å². The van der Waals surface area contributed by atoms with E-state index in [9.17, 15) is 25.4 Å². The van der Waals surface area contributed by atoms with Crippen LogP contribution in [0.4, 0.5) is 0 Å². The van der Waals surface area contributed by atoms with Crippen molar-refractivity contribution in [3.63, 3.8) is 0 Å². The van der Waals surface area contributed by atoms with E-state index in [1.54, 1.807) is 0 Å². The Kier molecular flexibility index (Phi) is 3.94. The fourth-order valence-electron chi connectivity index (χ4n) is 1.29. The lowest BCUT2D eigenvalue weighted by Crippen LogP contribution is -2.57. The largest absolute Gasteiger partial charge is 0.388 e. The molecule has 0 aromatic carbocycles. The fourth-order valence-corrected chi connectivity index (χ4v) is 1.29. The van der Waals surface area contributed by atoms with E-state index >= 15 is 0 Å². The van der Waals surface area contributed by atoms with Crippen molar-refractivity contribution < 1.29 is 29.7 Å². The number of aliphatic hydroxyl groups is 3. The first-order valence-electron chi connectivity index (χ1n) is 4.36. The number of nitrogens with zero attached hydrogens (tertiary/aromatic N) is 1. The smallest absolute Gasteiger partial charge is 0.308 e. The van der Waals surface area contributed by atoms with Gasteiger partial charge in [0.1, 0.15) is 18.3 Å². The van der Waals surface area contributed by atoms with Gasteiger partial charge in [0.05, 0.1) is 6.10 Å². The Morgan fingerprint density at radius 1 is 1.33 bits per heavy atom. The topological polar surface area (TPSA) is 122 Å². The minimum atomic E-state index is -1.50. The maximum Gasteiger partial charge on any atom is 0.308 e. The van der Waals surface area contributed by atoms with Crippen molar-refractivity contribution in [2.75, 3.05) is 6.73 Å². The second-order valence-corrected chi connectivity index (χ2v) is 3.31. The first kappa shape index (κ1) is 12.3. The zero-order valence-corrected chi connectivity index (χ0v) is 8.02. The van der Waals surface area contributed by atoms with Crippen LogP contribution in [0.15, 0.2) is 0 Å². The molecule has 15 heavy (non-hydrogen) atoms. The third-order valence-electron chi connectivity index (χ3n) is 2.15. The van der Waals surface area contributed by atoms with Crippen LogP contribution in [0.3, 0.4) is 0 Å². The third kappa shape index (κ3) is 2.83. The number of hydrogen-bond acceptors (Lipinski definition) is 7. The maximum absolute atomic E-state index is 10.0. The van der Waals surface area contributed by atoms with Crippen molar-refractivity contribution in [2.24, 2.45) is 0 Å². The summed E-state index contributed by atoms with van der Waals surface area (Å²) < 4.78 is 9.55. The van der Waals surface area contributed by atoms with Crippen LogP contribution in [0, 0.1) is 10.1 Å². The van der Waals surface area contributed by atoms with Gasteiger partial charge in [-0.1, -0.05) is 0 Å². The zero-order valence-electron chi connectivity index (χ0n) is 8.02. The van der Waals surface area contributed by atoms with Crippen molar-refractivity contribution in [1.29, 1.82) is 0 Å². The lowest BCUT2D eigenvalue weighted by atomic mass is 10.0. The van der Waals surface area contributed by atoms with E-state index in [1.807, 2.05) is 0 Å². The fraction of sp³-hybridized carbons (Fsp3) is 1.00. The van der Waals surface area contributed by atoms with E-state index < -0.39 is 42.4 Å². The normalized spacial score (nSPS) is 41.5. The first-order chi connectivity index (χ1) is 6.93. The predicted octanol–water partition coefficient (Wildman–Crippen LogP) is -1.94. The molecule has 0 aromatic heterocycles. The molecule has 0 aliphatic carbocycles. The molecule has 0 spiro atoms. The molecule has 0 amide bonds. The highest BCUT2D eigenvalue weighted by Crippen LogP contribution is 2.21. The van der Waals surface area contributed by atoms with E-state index in [0.29, 0.717) is 0 Å². The Morgan fingerprint density at radius 2 is 1.93 bits per heavy atom. The van der Waals surface area contributed by atoms with Crippen LogP contribution in [0.1, 0.15) is 6.92 Å². The van der Waals surface area contributed by atoms with Crippen LogP contribution in [0.2, 0.25) is 0 Å².